The second kappa shape index (κ2) is 9.30. The molecule has 0 amide bonds. The van der Waals surface area contributed by atoms with Crippen molar-refractivity contribution in [2.45, 2.75) is 24.9 Å². The van der Waals surface area contributed by atoms with E-state index in [1.54, 1.807) is 18.2 Å². The number of ether oxygens (including phenoxy) is 1. The molecule has 2 atom stereocenters. The highest BCUT2D eigenvalue weighted by atomic mass is 16.5. The molecule has 0 saturated carbocycles. The van der Waals surface area contributed by atoms with Gasteiger partial charge >= 0.3 is 0 Å². The number of rotatable bonds is 4. The molecule has 6 heteroatoms. The SMILES string of the molecule is [C-]#[N+]c1ccc(N2C(c3cccc(Oc4ccc5cccc(O)c5n4)c3)=N[C@H]3c4ccccc4CC[C@@H]32)cc1. The summed E-state index contributed by atoms with van der Waals surface area (Å²) in [6, 6.07) is 33.5. The number of nitrogens with zero attached hydrogens (tertiary/aromatic N) is 4. The minimum absolute atomic E-state index is 0.0280. The van der Waals surface area contributed by atoms with Crippen molar-refractivity contribution in [2.75, 3.05) is 4.90 Å². The predicted octanol–water partition coefficient (Wildman–Crippen LogP) is 7.61. The number of aromatic nitrogens is 1. The Morgan fingerprint density at radius 2 is 1.74 bits per heavy atom. The molecule has 2 aliphatic rings. The number of anilines is 1. The van der Waals surface area contributed by atoms with E-state index in [1.165, 1.54) is 11.1 Å². The van der Waals surface area contributed by atoms with E-state index in [1.807, 2.05) is 54.6 Å². The van der Waals surface area contributed by atoms with Crippen LogP contribution in [0.2, 0.25) is 0 Å². The molecule has 1 aromatic heterocycles. The molecule has 0 radical (unpaired) electrons. The number of pyridine rings is 1. The highest BCUT2D eigenvalue weighted by molar-refractivity contribution is 6.12. The Bertz CT molecular complexity index is 1790. The molecule has 39 heavy (non-hydrogen) atoms. The van der Waals surface area contributed by atoms with Gasteiger partial charge in [-0.1, -0.05) is 60.7 Å². The number of hydrogen-bond donors (Lipinski definition) is 1. The van der Waals surface area contributed by atoms with E-state index in [4.69, 9.17) is 16.3 Å². The Kier molecular flexibility index (Phi) is 5.49. The summed E-state index contributed by atoms with van der Waals surface area (Å²) in [6.07, 6.45) is 1.99. The first-order valence-corrected chi connectivity index (χ1v) is 13.0. The highest BCUT2D eigenvalue weighted by Gasteiger charge is 2.41. The number of fused-ring (bicyclic) bond motifs is 4. The summed E-state index contributed by atoms with van der Waals surface area (Å²) in [5.74, 6) is 2.04. The Morgan fingerprint density at radius 3 is 2.62 bits per heavy atom. The fourth-order valence-electron chi connectivity index (χ4n) is 5.70. The molecule has 0 fully saturated rings. The zero-order valence-corrected chi connectivity index (χ0v) is 21.0. The van der Waals surface area contributed by atoms with Gasteiger partial charge in [-0.3, -0.25) is 4.99 Å². The summed E-state index contributed by atoms with van der Waals surface area (Å²) in [5.41, 5.74) is 5.71. The van der Waals surface area contributed by atoms with Crippen molar-refractivity contribution in [1.82, 2.24) is 4.98 Å². The lowest BCUT2D eigenvalue weighted by atomic mass is 9.84. The van der Waals surface area contributed by atoms with Crippen LogP contribution >= 0.6 is 0 Å². The normalized spacial score (nSPS) is 17.7. The molecule has 188 valence electrons. The average molecular weight is 509 g/mol. The molecule has 0 spiro atoms. The van der Waals surface area contributed by atoms with Crippen molar-refractivity contribution < 1.29 is 9.84 Å². The van der Waals surface area contributed by atoms with Crippen LogP contribution in [0.3, 0.4) is 0 Å². The van der Waals surface area contributed by atoms with Crippen molar-refractivity contribution in [3.63, 3.8) is 0 Å². The van der Waals surface area contributed by atoms with Crippen molar-refractivity contribution in [1.29, 1.82) is 0 Å². The van der Waals surface area contributed by atoms with Crippen LogP contribution in [0.4, 0.5) is 11.4 Å². The van der Waals surface area contributed by atoms with Crippen LogP contribution in [0.25, 0.3) is 15.7 Å². The van der Waals surface area contributed by atoms with E-state index < -0.39 is 0 Å². The van der Waals surface area contributed by atoms with Gasteiger partial charge in [0.15, 0.2) is 5.69 Å². The van der Waals surface area contributed by atoms with Gasteiger partial charge in [-0.05, 0) is 60.4 Å². The molecule has 7 rings (SSSR count). The van der Waals surface area contributed by atoms with Crippen molar-refractivity contribution in [2.24, 2.45) is 4.99 Å². The number of aromatic hydroxyl groups is 1. The highest BCUT2D eigenvalue weighted by Crippen LogP contribution is 2.43. The van der Waals surface area contributed by atoms with Crippen LogP contribution in [-0.4, -0.2) is 22.0 Å². The summed E-state index contributed by atoms with van der Waals surface area (Å²) in [6.45, 7) is 7.35. The standard InChI is InChI=1S/C33H24N4O2/c1-34-24-14-16-25(17-15-24)37-28-18-12-21-6-2-3-10-27(21)32(28)36-33(37)23-8-4-9-26(20-23)39-30-19-13-22-7-5-11-29(38)31(22)35-30/h2-11,13-17,19-20,28,32,38H,12,18H2/t28-,32-/m0/s1. The molecule has 4 aromatic carbocycles. The zero-order valence-electron chi connectivity index (χ0n) is 21.0. The second-order valence-corrected chi connectivity index (χ2v) is 9.83. The van der Waals surface area contributed by atoms with Gasteiger partial charge in [0.2, 0.25) is 5.88 Å². The van der Waals surface area contributed by atoms with Gasteiger partial charge in [0, 0.05) is 22.7 Å². The minimum Gasteiger partial charge on any atom is -0.506 e. The number of hydrogen-bond acceptors (Lipinski definition) is 5. The van der Waals surface area contributed by atoms with Gasteiger partial charge in [-0.25, -0.2) is 9.83 Å². The first kappa shape index (κ1) is 23.0. The number of phenolic OH excluding ortho intramolecular Hbond substituents is 1. The first-order valence-electron chi connectivity index (χ1n) is 13.0. The lowest BCUT2D eigenvalue weighted by Crippen LogP contribution is -2.40. The van der Waals surface area contributed by atoms with Gasteiger partial charge in [0.25, 0.3) is 0 Å². The molecular formula is C33H24N4O2. The summed E-state index contributed by atoms with van der Waals surface area (Å²) in [5, 5.41) is 11.1. The fourth-order valence-corrected chi connectivity index (χ4v) is 5.70. The second-order valence-electron chi connectivity index (χ2n) is 9.83. The van der Waals surface area contributed by atoms with E-state index in [9.17, 15) is 5.11 Å². The number of para-hydroxylation sites is 1. The van der Waals surface area contributed by atoms with Crippen LogP contribution in [0, 0.1) is 6.57 Å². The molecule has 5 aromatic rings. The minimum atomic E-state index is 0.0280. The zero-order chi connectivity index (χ0) is 26.3. The predicted molar refractivity (Wildman–Crippen MR) is 153 cm³/mol. The summed E-state index contributed by atoms with van der Waals surface area (Å²) in [4.78, 5) is 15.7. The van der Waals surface area contributed by atoms with E-state index in [0.29, 0.717) is 22.8 Å². The van der Waals surface area contributed by atoms with E-state index in [-0.39, 0.29) is 17.8 Å². The van der Waals surface area contributed by atoms with Crippen LogP contribution < -0.4 is 9.64 Å². The van der Waals surface area contributed by atoms with E-state index in [0.717, 1.165) is 35.3 Å². The van der Waals surface area contributed by atoms with E-state index >= 15 is 0 Å². The Hall–Kier alpha value is -5.15. The number of aryl methyl sites for hydroxylation is 1. The summed E-state index contributed by atoms with van der Waals surface area (Å²) >= 11 is 0. The maximum absolute atomic E-state index is 10.2. The van der Waals surface area contributed by atoms with Gasteiger partial charge in [-0.15, -0.1) is 0 Å². The van der Waals surface area contributed by atoms with E-state index in [2.05, 4.69) is 45.1 Å². The average Bonchev–Trinajstić information content (AvgIpc) is 3.38. The number of benzene rings is 4. The topological polar surface area (TPSA) is 62.3 Å². The Morgan fingerprint density at radius 1 is 0.897 bits per heavy atom. The van der Waals surface area contributed by atoms with Gasteiger partial charge in [0.05, 0.1) is 18.7 Å². The maximum atomic E-state index is 10.2. The third kappa shape index (κ3) is 4.05. The number of amidine groups is 1. The van der Waals surface area contributed by atoms with Gasteiger partial charge in [-0.2, -0.15) is 0 Å². The molecular weight excluding hydrogens is 484 g/mol. The molecule has 2 heterocycles. The third-order valence-electron chi connectivity index (χ3n) is 7.51. The fraction of sp³-hybridized carbons (Fsp3) is 0.121. The van der Waals surface area contributed by atoms with Crippen LogP contribution in [-0.2, 0) is 6.42 Å². The van der Waals surface area contributed by atoms with Crippen molar-refractivity contribution in [3.8, 4) is 17.4 Å². The van der Waals surface area contributed by atoms with Crippen LogP contribution in [0.1, 0.15) is 29.2 Å². The molecule has 1 aliphatic carbocycles. The first-order chi connectivity index (χ1) is 19.2. The molecule has 1 N–H and O–H groups in total. The molecule has 1 aliphatic heterocycles. The monoisotopic (exact) mass is 508 g/mol. The number of aliphatic imine (C=N–C) groups is 1. The summed E-state index contributed by atoms with van der Waals surface area (Å²) < 4.78 is 6.16. The van der Waals surface area contributed by atoms with Crippen LogP contribution in [0.5, 0.6) is 17.4 Å². The van der Waals surface area contributed by atoms with Gasteiger partial charge < -0.3 is 14.7 Å². The quantitative estimate of drug-likeness (QED) is 0.254. The van der Waals surface area contributed by atoms with Gasteiger partial charge in [0.1, 0.15) is 22.9 Å². The molecule has 0 saturated heterocycles. The Balaban J connectivity index is 1.28. The number of phenols is 1. The molecule has 6 nitrogen and oxygen atoms in total. The summed E-state index contributed by atoms with van der Waals surface area (Å²) in [7, 11) is 0. The largest absolute Gasteiger partial charge is 0.506 e. The molecule has 0 bridgehead atoms. The lowest BCUT2D eigenvalue weighted by molar-refractivity contribution is 0.460. The van der Waals surface area contributed by atoms with Crippen LogP contribution in [0.15, 0.2) is 108 Å². The van der Waals surface area contributed by atoms with Crippen molar-refractivity contribution in [3.05, 3.63) is 131 Å². The lowest BCUT2D eigenvalue weighted by Gasteiger charge is -2.34. The molecule has 0 unspecified atom stereocenters. The third-order valence-corrected chi connectivity index (χ3v) is 7.51. The van der Waals surface area contributed by atoms with Crippen molar-refractivity contribution >= 4 is 28.1 Å². The Labute approximate surface area is 226 Å². The maximum Gasteiger partial charge on any atom is 0.219 e. The smallest absolute Gasteiger partial charge is 0.219 e.